The van der Waals surface area contributed by atoms with Crippen LogP contribution in [0, 0.1) is 0 Å². The summed E-state index contributed by atoms with van der Waals surface area (Å²) >= 11 is 0. The molecule has 1 aliphatic heterocycles. The number of aliphatic carboxylic acids is 2. The fraction of sp³-hybridized carbons (Fsp3) is 0.333. The van der Waals surface area contributed by atoms with E-state index in [-0.39, 0.29) is 86.6 Å². The molecule has 0 aliphatic carbocycles. The van der Waals surface area contributed by atoms with Crippen molar-refractivity contribution in [1.82, 2.24) is 15.3 Å². The first kappa shape index (κ1) is 28.9. The van der Waals surface area contributed by atoms with Gasteiger partial charge in [0.05, 0.1) is 18.1 Å². The molecule has 0 radical (unpaired) electrons. The van der Waals surface area contributed by atoms with Gasteiger partial charge in [0.25, 0.3) is 11.5 Å². The minimum absolute atomic E-state index is 0. The average Bonchev–Trinajstić information content (AvgIpc) is 2.81. The van der Waals surface area contributed by atoms with Gasteiger partial charge in [0.1, 0.15) is 0 Å². The Bertz CT molecular complexity index is 1170. The van der Waals surface area contributed by atoms with Crippen molar-refractivity contribution < 1.29 is 29.4 Å². The van der Waals surface area contributed by atoms with Crippen LogP contribution >= 0.6 is 0 Å². The monoisotopic (exact) mass is 525 g/mol. The number of anilines is 4. The van der Waals surface area contributed by atoms with Gasteiger partial charge in [-0.3, -0.25) is 19.4 Å². The molecule has 3 rings (SSSR count). The summed E-state index contributed by atoms with van der Waals surface area (Å²) < 4.78 is 0. The van der Waals surface area contributed by atoms with Gasteiger partial charge >= 0.3 is 37.7 Å². The molecule has 14 nitrogen and oxygen atoms in total. The molecule has 186 valence electrons. The number of aromatic nitrogens is 2. The Morgan fingerprint density at radius 3 is 2.56 bits per heavy atom. The number of carboxylic acid groups (broad SMARTS) is 2. The second kappa shape index (κ2) is 13.1. The Hall–Kier alpha value is -3.36. The molecule has 2 unspecified atom stereocenters. The summed E-state index contributed by atoms with van der Waals surface area (Å²) in [6.07, 6.45) is 0.103. The van der Waals surface area contributed by atoms with Gasteiger partial charge < -0.3 is 46.4 Å². The number of aromatic amines is 1. The van der Waals surface area contributed by atoms with Crippen molar-refractivity contribution in [2.24, 2.45) is 0 Å². The second-order valence-electron chi connectivity index (χ2n) is 7.76. The first-order valence-electron chi connectivity index (χ1n) is 10.6. The number of amides is 2. The number of fused-ring (bicyclic) bond motifs is 1. The van der Waals surface area contributed by atoms with Gasteiger partial charge in [-0.15, -0.1) is 0 Å². The molecule has 0 fully saturated rings. The van der Waals surface area contributed by atoms with Crippen LogP contribution in [0.15, 0.2) is 29.1 Å². The molecule has 0 spiro atoms. The molecule has 1 aromatic carbocycles. The van der Waals surface area contributed by atoms with Gasteiger partial charge in [-0.05, 0) is 43.5 Å². The normalized spacial score (nSPS) is 14.9. The number of rotatable bonds is 11. The average molecular weight is 526 g/mol. The van der Waals surface area contributed by atoms with Crippen LogP contribution in [0.5, 0.6) is 0 Å². The van der Waals surface area contributed by atoms with E-state index in [1.165, 1.54) is 17.0 Å². The van der Waals surface area contributed by atoms with Crippen LogP contribution < -0.4 is 42.4 Å². The van der Waals surface area contributed by atoms with Crippen LogP contribution in [0.25, 0.3) is 0 Å². The first-order valence-corrected chi connectivity index (χ1v) is 10.6. The van der Waals surface area contributed by atoms with Crippen LogP contribution in [0.3, 0.4) is 0 Å². The van der Waals surface area contributed by atoms with E-state index in [1.54, 1.807) is 12.1 Å². The first-order chi connectivity index (χ1) is 16.7. The van der Waals surface area contributed by atoms with Crippen molar-refractivity contribution in [3.63, 3.8) is 0 Å². The van der Waals surface area contributed by atoms with E-state index in [2.05, 4.69) is 25.9 Å². The molecule has 0 saturated carbocycles. The number of nitrogens with zero attached hydrogens (tertiary/aromatic N) is 2. The van der Waals surface area contributed by atoms with Crippen LogP contribution in [0.2, 0.25) is 0 Å². The van der Waals surface area contributed by atoms with E-state index in [0.717, 1.165) is 0 Å². The number of hydrogen-bond acceptors (Lipinski definition) is 11. The molecule has 2 heterocycles. The minimum atomic E-state index is -1.52. The van der Waals surface area contributed by atoms with Gasteiger partial charge in [0, 0.05) is 30.3 Å². The predicted molar refractivity (Wildman–Crippen MR) is 126 cm³/mol. The molecule has 36 heavy (non-hydrogen) atoms. The number of nitrogens with one attached hydrogen (secondary N) is 4. The minimum Gasteiger partial charge on any atom is -0.550 e. The van der Waals surface area contributed by atoms with Crippen molar-refractivity contribution in [2.75, 3.05) is 34.4 Å². The van der Waals surface area contributed by atoms with E-state index < -0.39 is 35.5 Å². The molecule has 15 heteroatoms. The zero-order valence-electron chi connectivity index (χ0n) is 19.1. The molecule has 1 aliphatic rings. The van der Waals surface area contributed by atoms with Crippen LogP contribution in [0.1, 0.15) is 29.6 Å². The van der Waals surface area contributed by atoms with E-state index in [0.29, 0.717) is 18.6 Å². The molecule has 1 aromatic heterocycles. The third-order valence-corrected chi connectivity index (χ3v) is 5.34. The third kappa shape index (κ3) is 7.32. The maximum atomic E-state index is 12.4. The second-order valence-corrected chi connectivity index (χ2v) is 7.76. The summed E-state index contributed by atoms with van der Waals surface area (Å²) in [7, 11) is 0. The quantitative estimate of drug-likeness (QED) is 0.144. The van der Waals surface area contributed by atoms with Crippen molar-refractivity contribution in [3.05, 3.63) is 40.2 Å². The molecule has 2 amide bonds. The van der Waals surface area contributed by atoms with Gasteiger partial charge in [-0.1, -0.05) is 0 Å². The Kier molecular flexibility index (Phi) is 10.5. The molecular weight excluding hydrogens is 502 g/mol. The topological polar surface area (TPSA) is 225 Å². The van der Waals surface area contributed by atoms with Gasteiger partial charge in [-0.25, -0.2) is 0 Å². The van der Waals surface area contributed by atoms with E-state index >= 15 is 0 Å². The van der Waals surface area contributed by atoms with Crippen molar-refractivity contribution in [3.8, 4) is 0 Å². The SMILES string of the molecule is Nc1nc2c(c(=O)[nH]1)N(C=O)C(CNc1ccc(C(=O)NC(CCCC(=O)[O-])C(=O)[O-])cc1)CN2.[Ca+2]. The summed E-state index contributed by atoms with van der Waals surface area (Å²) in [6.45, 7) is 0.559. The zero-order valence-corrected chi connectivity index (χ0v) is 21.3. The summed E-state index contributed by atoms with van der Waals surface area (Å²) in [6, 6.07) is 4.33. The fourth-order valence-corrected chi connectivity index (χ4v) is 3.57. The smallest absolute Gasteiger partial charge is 0.550 e. The van der Waals surface area contributed by atoms with Gasteiger partial charge in [-0.2, -0.15) is 4.98 Å². The van der Waals surface area contributed by atoms with Crippen LogP contribution in [-0.4, -0.2) is 97.1 Å². The van der Waals surface area contributed by atoms with Gasteiger partial charge in [0.15, 0.2) is 11.5 Å². The molecular formula is C21H23CaN7O7. The molecule has 6 N–H and O–H groups in total. The van der Waals surface area contributed by atoms with Crippen LogP contribution in [0.4, 0.5) is 23.1 Å². The number of carbonyl (C=O) groups excluding carboxylic acids is 4. The fourth-order valence-electron chi connectivity index (χ4n) is 3.57. The predicted octanol–water partition coefficient (Wildman–Crippen LogP) is -3.39. The maximum Gasteiger partial charge on any atom is 2.00 e. The number of nitrogen functional groups attached to an aromatic ring is 1. The number of hydrogen-bond donors (Lipinski definition) is 5. The summed E-state index contributed by atoms with van der Waals surface area (Å²) in [5.74, 6) is -3.36. The Morgan fingerprint density at radius 2 is 1.94 bits per heavy atom. The van der Waals surface area contributed by atoms with E-state index in [1.807, 2.05) is 0 Å². The number of carbonyl (C=O) groups is 4. The van der Waals surface area contributed by atoms with Gasteiger partial charge in [0.2, 0.25) is 12.4 Å². The maximum absolute atomic E-state index is 12.4. The van der Waals surface area contributed by atoms with E-state index in [4.69, 9.17) is 5.73 Å². The van der Waals surface area contributed by atoms with Crippen LogP contribution in [-0.2, 0) is 14.4 Å². The standard InChI is InChI=1S/C21H25N7O7.Ca/c22-21-26-17-16(19(33)27-21)28(10-29)13(9-24-17)8-23-12-6-4-11(5-7-12)18(32)25-14(20(34)35)2-1-3-15(30)31;/h4-7,10,13-14,23H,1-3,8-9H2,(H,25,32)(H,30,31)(H,34,35)(H4,22,24,26,27,33);/q;+2/p-2. The number of nitrogens with two attached hydrogens (primary N) is 1. The Labute approximate surface area is 234 Å². The zero-order chi connectivity index (χ0) is 25.5. The molecule has 0 bridgehead atoms. The van der Waals surface area contributed by atoms with Crippen molar-refractivity contribution in [2.45, 2.75) is 31.3 Å². The molecule has 0 saturated heterocycles. The van der Waals surface area contributed by atoms with Crippen molar-refractivity contribution in [1.29, 1.82) is 0 Å². The summed E-state index contributed by atoms with van der Waals surface area (Å²) in [5, 5.41) is 30.1. The van der Waals surface area contributed by atoms with E-state index in [9.17, 15) is 34.2 Å². The summed E-state index contributed by atoms with van der Waals surface area (Å²) in [4.78, 5) is 65.6. The number of H-pyrrole nitrogens is 1. The molecule has 2 aromatic rings. The van der Waals surface area contributed by atoms with Crippen molar-refractivity contribution >= 4 is 85.1 Å². The summed E-state index contributed by atoms with van der Waals surface area (Å²) in [5.41, 5.74) is 5.82. The number of benzene rings is 1. The Morgan fingerprint density at radius 1 is 1.25 bits per heavy atom. The Balaban J connectivity index is 0.00000456. The number of carboxylic acids is 2. The third-order valence-electron chi connectivity index (χ3n) is 5.34. The largest absolute Gasteiger partial charge is 2.00 e. The molecule has 2 atom stereocenters.